The van der Waals surface area contributed by atoms with Gasteiger partial charge in [-0.05, 0) is 58.7 Å². The van der Waals surface area contributed by atoms with Gasteiger partial charge in [0.15, 0.2) is 0 Å². The molecule has 0 bridgehead atoms. The highest BCUT2D eigenvalue weighted by atomic mass is 15.3. The third-order valence-electron chi connectivity index (χ3n) is 4.26. The number of likely N-dealkylation sites (tertiary alicyclic amines) is 1. The summed E-state index contributed by atoms with van der Waals surface area (Å²) in [5.74, 6) is 0.953. The van der Waals surface area contributed by atoms with Crippen LogP contribution < -0.4 is 5.73 Å². The van der Waals surface area contributed by atoms with E-state index in [2.05, 4.69) is 16.6 Å². The van der Waals surface area contributed by atoms with Crippen LogP contribution >= 0.6 is 0 Å². The van der Waals surface area contributed by atoms with E-state index in [1.165, 1.54) is 36.9 Å². The van der Waals surface area contributed by atoms with Gasteiger partial charge in [-0.3, -0.25) is 0 Å². The molecule has 0 saturated carbocycles. The molecule has 2 N–H and O–H groups in total. The summed E-state index contributed by atoms with van der Waals surface area (Å²) in [6.45, 7) is 2.32. The van der Waals surface area contributed by atoms with E-state index in [0.717, 1.165) is 31.7 Å². The second-order valence-electron chi connectivity index (χ2n) is 5.50. The van der Waals surface area contributed by atoms with Gasteiger partial charge in [0.2, 0.25) is 0 Å². The van der Waals surface area contributed by atoms with Crippen LogP contribution in [-0.4, -0.2) is 34.8 Å². The van der Waals surface area contributed by atoms with E-state index in [1.807, 2.05) is 0 Å². The zero-order chi connectivity index (χ0) is 11.8. The van der Waals surface area contributed by atoms with Gasteiger partial charge in [-0.25, -0.2) is 4.68 Å². The quantitative estimate of drug-likeness (QED) is 0.803. The van der Waals surface area contributed by atoms with E-state index < -0.39 is 0 Å². The maximum Gasteiger partial charge on any atom is 0.125 e. The van der Waals surface area contributed by atoms with Gasteiger partial charge in [-0.15, -0.1) is 0 Å². The normalized spacial score (nSPS) is 22.6. The highest BCUT2D eigenvalue weighted by Gasteiger charge is 2.25. The van der Waals surface area contributed by atoms with Crippen LogP contribution in [0, 0.1) is 0 Å². The van der Waals surface area contributed by atoms with Crippen molar-refractivity contribution < 1.29 is 0 Å². The van der Waals surface area contributed by atoms with Crippen LogP contribution in [0.2, 0.25) is 0 Å². The summed E-state index contributed by atoms with van der Waals surface area (Å²) < 4.78 is 2.13. The minimum Gasteiger partial charge on any atom is -0.384 e. The number of piperidine rings is 1. The fraction of sp³-hybridized carbons (Fsp3) is 0.769. The average molecular weight is 234 g/mol. The van der Waals surface area contributed by atoms with Gasteiger partial charge < -0.3 is 10.6 Å². The van der Waals surface area contributed by atoms with Gasteiger partial charge in [0.25, 0.3) is 0 Å². The molecular weight excluding hydrogens is 212 g/mol. The Kier molecular flexibility index (Phi) is 2.82. The molecule has 17 heavy (non-hydrogen) atoms. The molecule has 1 aliphatic heterocycles. The van der Waals surface area contributed by atoms with E-state index in [0.29, 0.717) is 6.04 Å². The van der Waals surface area contributed by atoms with Crippen molar-refractivity contribution in [3.05, 3.63) is 11.3 Å². The number of nitrogen functional groups attached to an aromatic ring is 1. The fourth-order valence-corrected chi connectivity index (χ4v) is 3.12. The maximum absolute atomic E-state index is 6.28. The van der Waals surface area contributed by atoms with E-state index >= 15 is 0 Å². The molecule has 0 radical (unpaired) electrons. The predicted molar refractivity (Wildman–Crippen MR) is 69.0 cm³/mol. The lowest BCUT2D eigenvalue weighted by molar-refractivity contribution is 0.213. The molecule has 2 heterocycles. The number of hydrogen-bond acceptors (Lipinski definition) is 3. The van der Waals surface area contributed by atoms with Crippen LogP contribution in [0.3, 0.4) is 0 Å². The summed E-state index contributed by atoms with van der Waals surface area (Å²) in [6, 6.07) is 0.525. The Labute approximate surface area is 103 Å². The molecule has 1 aromatic rings. The van der Waals surface area contributed by atoms with Crippen LogP contribution in [0.4, 0.5) is 5.82 Å². The molecule has 1 aromatic heterocycles. The Morgan fingerprint density at radius 1 is 1.18 bits per heavy atom. The second kappa shape index (κ2) is 4.33. The summed E-state index contributed by atoms with van der Waals surface area (Å²) in [6.07, 6.45) is 7.17. The van der Waals surface area contributed by atoms with Gasteiger partial charge in [-0.1, -0.05) is 0 Å². The van der Waals surface area contributed by atoms with Crippen molar-refractivity contribution in [2.75, 3.05) is 25.9 Å². The third-order valence-corrected chi connectivity index (χ3v) is 4.26. The van der Waals surface area contributed by atoms with Crippen molar-refractivity contribution in [3.63, 3.8) is 0 Å². The first-order chi connectivity index (χ1) is 8.25. The lowest BCUT2D eigenvalue weighted by atomic mass is 9.97. The molecule has 4 heteroatoms. The highest BCUT2D eigenvalue weighted by molar-refractivity contribution is 5.45. The van der Waals surface area contributed by atoms with E-state index in [1.54, 1.807) is 0 Å². The number of nitrogens with zero attached hydrogens (tertiary/aromatic N) is 3. The fourth-order valence-electron chi connectivity index (χ4n) is 3.12. The van der Waals surface area contributed by atoms with Crippen LogP contribution in [-0.2, 0) is 12.8 Å². The topological polar surface area (TPSA) is 47.1 Å². The zero-order valence-corrected chi connectivity index (χ0v) is 10.7. The first-order valence-electron chi connectivity index (χ1n) is 6.80. The number of rotatable bonds is 1. The van der Waals surface area contributed by atoms with E-state index in [4.69, 9.17) is 10.8 Å². The molecule has 2 aliphatic rings. The Bertz CT molecular complexity index is 402. The van der Waals surface area contributed by atoms with Gasteiger partial charge in [0, 0.05) is 5.56 Å². The first-order valence-corrected chi connectivity index (χ1v) is 6.80. The summed E-state index contributed by atoms with van der Waals surface area (Å²) in [4.78, 5) is 2.39. The van der Waals surface area contributed by atoms with Crippen LogP contribution in [0.15, 0.2) is 0 Å². The summed E-state index contributed by atoms with van der Waals surface area (Å²) >= 11 is 0. The van der Waals surface area contributed by atoms with Crippen LogP contribution in [0.25, 0.3) is 0 Å². The molecule has 1 fully saturated rings. The Balaban J connectivity index is 1.85. The molecule has 0 atom stereocenters. The van der Waals surface area contributed by atoms with Crippen molar-refractivity contribution in [3.8, 4) is 0 Å². The third kappa shape index (κ3) is 1.95. The minimum absolute atomic E-state index is 0.525. The summed E-state index contributed by atoms with van der Waals surface area (Å²) in [7, 11) is 2.19. The lowest BCUT2D eigenvalue weighted by Gasteiger charge is -2.29. The Morgan fingerprint density at radius 3 is 2.59 bits per heavy atom. The first kappa shape index (κ1) is 11.1. The Hall–Kier alpha value is -1.03. The molecule has 3 rings (SSSR count). The molecule has 0 aromatic carbocycles. The number of hydrogen-bond donors (Lipinski definition) is 1. The molecular formula is C13H22N4. The average Bonchev–Trinajstić information content (AvgIpc) is 2.69. The van der Waals surface area contributed by atoms with Gasteiger partial charge >= 0.3 is 0 Å². The number of nitrogens with two attached hydrogens (primary N) is 1. The largest absolute Gasteiger partial charge is 0.384 e. The molecule has 0 unspecified atom stereocenters. The highest BCUT2D eigenvalue weighted by Crippen LogP contribution is 2.31. The molecule has 1 aliphatic carbocycles. The maximum atomic E-state index is 6.28. The lowest BCUT2D eigenvalue weighted by Crippen LogP contribution is -2.32. The van der Waals surface area contributed by atoms with Crippen molar-refractivity contribution in [1.29, 1.82) is 0 Å². The molecule has 0 amide bonds. The molecule has 94 valence electrons. The van der Waals surface area contributed by atoms with Crippen molar-refractivity contribution in [2.24, 2.45) is 0 Å². The second-order valence-corrected chi connectivity index (χ2v) is 5.50. The van der Waals surface area contributed by atoms with Crippen molar-refractivity contribution in [2.45, 2.75) is 44.6 Å². The predicted octanol–water partition coefficient (Wildman–Crippen LogP) is 1.61. The molecule has 1 saturated heterocycles. The molecule has 0 spiro atoms. The number of fused-ring (bicyclic) bond motifs is 1. The SMILES string of the molecule is CN1CCC(n2nc3c(c2N)CCCC3)CC1. The number of anilines is 1. The van der Waals surface area contributed by atoms with E-state index in [-0.39, 0.29) is 0 Å². The van der Waals surface area contributed by atoms with E-state index in [9.17, 15) is 0 Å². The van der Waals surface area contributed by atoms with Gasteiger partial charge in [-0.2, -0.15) is 5.10 Å². The number of aryl methyl sites for hydroxylation is 1. The monoisotopic (exact) mass is 234 g/mol. The van der Waals surface area contributed by atoms with Crippen molar-refractivity contribution >= 4 is 5.82 Å². The summed E-state index contributed by atoms with van der Waals surface area (Å²) in [5.41, 5.74) is 8.89. The van der Waals surface area contributed by atoms with Crippen LogP contribution in [0.1, 0.15) is 43.0 Å². The van der Waals surface area contributed by atoms with Crippen molar-refractivity contribution in [1.82, 2.24) is 14.7 Å². The smallest absolute Gasteiger partial charge is 0.125 e. The standard InChI is InChI=1S/C13H22N4/c1-16-8-6-10(7-9-16)17-13(14)11-4-2-3-5-12(11)15-17/h10H,2-9,14H2,1H3. The molecule has 4 nitrogen and oxygen atoms in total. The number of aromatic nitrogens is 2. The minimum atomic E-state index is 0.525. The Morgan fingerprint density at radius 2 is 1.88 bits per heavy atom. The van der Waals surface area contributed by atoms with Gasteiger partial charge in [0.1, 0.15) is 5.82 Å². The summed E-state index contributed by atoms with van der Waals surface area (Å²) in [5, 5.41) is 4.77. The zero-order valence-electron chi connectivity index (χ0n) is 10.7. The van der Waals surface area contributed by atoms with Gasteiger partial charge in [0.05, 0.1) is 11.7 Å². The van der Waals surface area contributed by atoms with Crippen LogP contribution in [0.5, 0.6) is 0 Å².